The zero-order chi connectivity index (χ0) is 10.0. The molecular formula is C7H3BrF2INO. The molecule has 0 N–H and O–H groups in total. The quantitative estimate of drug-likeness (QED) is 0.460. The summed E-state index contributed by atoms with van der Waals surface area (Å²) in [6.45, 7) is 0. The predicted octanol–water partition coefficient (Wildman–Crippen LogP) is 3.20. The van der Waals surface area contributed by atoms with Gasteiger partial charge in [0, 0.05) is 5.56 Å². The standard InChI is InChI=1S/C7H3BrF2INO/c8-5-3(2-13)1-4(6(9)10)12-7(5)11/h1-2,6H. The van der Waals surface area contributed by atoms with Crippen LogP contribution in [0.3, 0.4) is 0 Å². The fourth-order valence-corrected chi connectivity index (χ4v) is 1.62. The number of carbonyl (C=O) groups excluding carboxylic acids is 1. The van der Waals surface area contributed by atoms with Gasteiger partial charge in [0.1, 0.15) is 9.39 Å². The van der Waals surface area contributed by atoms with Crippen molar-refractivity contribution in [2.45, 2.75) is 6.43 Å². The van der Waals surface area contributed by atoms with Gasteiger partial charge < -0.3 is 0 Å². The topological polar surface area (TPSA) is 30.0 Å². The molecule has 0 unspecified atom stereocenters. The van der Waals surface area contributed by atoms with Crippen molar-refractivity contribution in [1.82, 2.24) is 4.98 Å². The van der Waals surface area contributed by atoms with E-state index in [4.69, 9.17) is 0 Å². The molecule has 1 aromatic heterocycles. The average Bonchev–Trinajstić information content (AvgIpc) is 2.09. The van der Waals surface area contributed by atoms with Gasteiger partial charge in [0.05, 0.1) is 4.47 Å². The highest BCUT2D eigenvalue weighted by Gasteiger charge is 2.14. The van der Waals surface area contributed by atoms with Crippen molar-refractivity contribution >= 4 is 44.8 Å². The Morgan fingerprint density at radius 3 is 2.69 bits per heavy atom. The van der Waals surface area contributed by atoms with E-state index in [1.165, 1.54) is 0 Å². The van der Waals surface area contributed by atoms with Crippen molar-refractivity contribution in [1.29, 1.82) is 0 Å². The van der Waals surface area contributed by atoms with E-state index in [1.807, 2.05) is 0 Å². The summed E-state index contributed by atoms with van der Waals surface area (Å²) in [5.41, 5.74) is -0.190. The zero-order valence-corrected chi connectivity index (χ0v) is 9.84. The monoisotopic (exact) mass is 361 g/mol. The normalized spacial score (nSPS) is 10.5. The number of hydrogen-bond donors (Lipinski definition) is 0. The molecule has 0 fully saturated rings. The number of rotatable bonds is 2. The van der Waals surface area contributed by atoms with Crippen molar-refractivity contribution < 1.29 is 13.6 Å². The van der Waals surface area contributed by atoms with E-state index in [-0.39, 0.29) is 11.3 Å². The molecule has 6 heteroatoms. The van der Waals surface area contributed by atoms with Crippen LogP contribution in [0.1, 0.15) is 22.5 Å². The third kappa shape index (κ3) is 2.43. The van der Waals surface area contributed by atoms with Crippen molar-refractivity contribution in [3.05, 3.63) is 25.5 Å². The molecule has 70 valence electrons. The summed E-state index contributed by atoms with van der Waals surface area (Å²) in [7, 11) is 0. The third-order valence-corrected chi connectivity index (χ3v) is 3.67. The average molecular weight is 362 g/mol. The molecule has 0 aliphatic carbocycles. The minimum atomic E-state index is -2.65. The highest BCUT2D eigenvalue weighted by molar-refractivity contribution is 14.1. The molecule has 1 heterocycles. The summed E-state index contributed by atoms with van der Waals surface area (Å²) in [4.78, 5) is 14.1. The molecule has 1 rings (SSSR count). The lowest BCUT2D eigenvalue weighted by Crippen LogP contribution is -1.97. The van der Waals surface area contributed by atoms with Crippen LogP contribution in [0.15, 0.2) is 10.5 Å². The summed E-state index contributed by atoms with van der Waals surface area (Å²) >= 11 is 4.86. The molecule has 0 amide bonds. The van der Waals surface area contributed by atoms with Gasteiger partial charge in [-0.05, 0) is 44.6 Å². The maximum Gasteiger partial charge on any atom is 0.280 e. The van der Waals surface area contributed by atoms with E-state index in [1.54, 1.807) is 22.6 Å². The van der Waals surface area contributed by atoms with Gasteiger partial charge in [-0.2, -0.15) is 0 Å². The summed E-state index contributed by atoms with van der Waals surface area (Å²) in [5.74, 6) is 0. The highest BCUT2D eigenvalue weighted by atomic mass is 127. The van der Waals surface area contributed by atoms with Crippen LogP contribution in [-0.4, -0.2) is 11.3 Å². The second kappa shape index (κ2) is 4.41. The molecule has 0 aliphatic heterocycles. The third-order valence-electron chi connectivity index (χ3n) is 1.32. The van der Waals surface area contributed by atoms with Crippen LogP contribution in [0.25, 0.3) is 0 Å². The molecule has 0 spiro atoms. The molecule has 0 bridgehead atoms. The molecule has 0 radical (unpaired) electrons. The van der Waals surface area contributed by atoms with Crippen molar-refractivity contribution in [2.75, 3.05) is 0 Å². The molecule has 0 aromatic carbocycles. The van der Waals surface area contributed by atoms with E-state index < -0.39 is 6.43 Å². The lowest BCUT2D eigenvalue weighted by molar-refractivity contribution is 0.112. The number of pyridine rings is 1. The SMILES string of the molecule is O=Cc1cc(C(F)F)nc(I)c1Br. The summed E-state index contributed by atoms with van der Waals surface area (Å²) < 4.78 is 25.2. The van der Waals surface area contributed by atoms with E-state index in [0.717, 1.165) is 6.07 Å². The summed E-state index contributed by atoms with van der Waals surface area (Å²) in [6, 6.07) is 1.07. The van der Waals surface area contributed by atoms with Crippen molar-refractivity contribution in [2.24, 2.45) is 0 Å². The van der Waals surface area contributed by atoms with E-state index in [9.17, 15) is 13.6 Å². The smallest absolute Gasteiger partial charge is 0.280 e. The minimum absolute atomic E-state index is 0.190. The Balaban J connectivity index is 3.30. The van der Waals surface area contributed by atoms with Gasteiger partial charge >= 0.3 is 0 Å². The second-order valence-electron chi connectivity index (χ2n) is 2.16. The molecule has 0 atom stereocenters. The number of aromatic nitrogens is 1. The van der Waals surface area contributed by atoms with Gasteiger partial charge in [0.2, 0.25) is 0 Å². The number of halogens is 4. The van der Waals surface area contributed by atoms with Crippen LogP contribution in [0, 0.1) is 3.70 Å². The Bertz CT molecular complexity index is 346. The molecule has 0 saturated heterocycles. The van der Waals surface area contributed by atoms with Crippen LogP contribution in [0.4, 0.5) is 8.78 Å². The van der Waals surface area contributed by atoms with Gasteiger partial charge in [0.25, 0.3) is 6.43 Å². The van der Waals surface area contributed by atoms with Gasteiger partial charge in [-0.1, -0.05) is 0 Å². The van der Waals surface area contributed by atoms with Crippen LogP contribution in [-0.2, 0) is 0 Å². The number of alkyl halides is 2. The van der Waals surface area contributed by atoms with Gasteiger partial charge in [-0.15, -0.1) is 0 Å². The number of carbonyl (C=O) groups is 1. The fraction of sp³-hybridized carbons (Fsp3) is 0.143. The van der Waals surface area contributed by atoms with Gasteiger partial charge in [-0.3, -0.25) is 4.79 Å². The predicted molar refractivity (Wildman–Crippen MR) is 55.0 cm³/mol. The highest BCUT2D eigenvalue weighted by Crippen LogP contribution is 2.25. The number of hydrogen-bond acceptors (Lipinski definition) is 2. The first-order valence-electron chi connectivity index (χ1n) is 3.15. The summed E-state index contributed by atoms with van der Waals surface area (Å²) in [6.07, 6.45) is -2.14. The summed E-state index contributed by atoms with van der Waals surface area (Å²) in [5, 5.41) is 0. The molecule has 1 aromatic rings. The lowest BCUT2D eigenvalue weighted by atomic mass is 10.2. The lowest BCUT2D eigenvalue weighted by Gasteiger charge is -2.03. The van der Waals surface area contributed by atoms with Crippen LogP contribution in [0.5, 0.6) is 0 Å². The Labute approximate surface area is 95.0 Å². The van der Waals surface area contributed by atoms with Crippen molar-refractivity contribution in [3.63, 3.8) is 0 Å². The van der Waals surface area contributed by atoms with Crippen molar-refractivity contribution in [3.8, 4) is 0 Å². The van der Waals surface area contributed by atoms with Gasteiger partial charge in [0.15, 0.2) is 6.29 Å². The Morgan fingerprint density at radius 1 is 1.62 bits per heavy atom. The van der Waals surface area contributed by atoms with Crippen LogP contribution in [0.2, 0.25) is 0 Å². The Morgan fingerprint density at radius 2 is 2.23 bits per heavy atom. The zero-order valence-electron chi connectivity index (χ0n) is 6.10. The van der Waals surface area contributed by atoms with E-state index in [0.29, 0.717) is 14.5 Å². The van der Waals surface area contributed by atoms with Crippen LogP contribution < -0.4 is 0 Å². The van der Waals surface area contributed by atoms with Crippen LogP contribution >= 0.6 is 38.5 Å². The second-order valence-corrected chi connectivity index (χ2v) is 3.97. The Hall–Kier alpha value is -0.110. The molecule has 0 aliphatic rings. The molecule has 0 saturated carbocycles. The Kier molecular flexibility index (Phi) is 3.72. The van der Waals surface area contributed by atoms with E-state index in [2.05, 4.69) is 20.9 Å². The number of nitrogens with zero attached hydrogens (tertiary/aromatic N) is 1. The first-order valence-corrected chi connectivity index (χ1v) is 5.02. The first kappa shape index (κ1) is 11.0. The minimum Gasteiger partial charge on any atom is -0.298 e. The fourth-order valence-electron chi connectivity index (χ4n) is 0.734. The maximum absolute atomic E-state index is 12.2. The molecule has 13 heavy (non-hydrogen) atoms. The molecular weight excluding hydrogens is 359 g/mol. The number of aldehydes is 1. The first-order chi connectivity index (χ1) is 6.06. The molecule has 2 nitrogen and oxygen atoms in total. The van der Waals surface area contributed by atoms with E-state index >= 15 is 0 Å². The van der Waals surface area contributed by atoms with Gasteiger partial charge in [-0.25, -0.2) is 13.8 Å². The largest absolute Gasteiger partial charge is 0.298 e. The maximum atomic E-state index is 12.2.